The standard InChI is InChI=1S/C24H28N4O2/c1-14(13-27(3)4)26-24(29)22-19-12-20-18-8-7-16(30-6)11-21(18)28(5)23(20)15(2)17(19)9-10-25-22/h7-12,14H,13H2,1-6H3,(H,26,29)/t14-/m1/s1. The third-order valence-electron chi connectivity index (χ3n) is 5.72. The minimum atomic E-state index is -0.143. The van der Waals surface area contributed by atoms with Crippen molar-refractivity contribution in [2.24, 2.45) is 7.05 Å². The predicted octanol–water partition coefficient (Wildman–Crippen LogP) is 3.88. The molecule has 6 nitrogen and oxygen atoms in total. The fourth-order valence-electron chi connectivity index (χ4n) is 4.46. The van der Waals surface area contributed by atoms with Crippen molar-refractivity contribution in [3.63, 3.8) is 0 Å². The zero-order valence-corrected chi connectivity index (χ0v) is 18.4. The molecule has 0 radical (unpaired) electrons. The van der Waals surface area contributed by atoms with Crippen LogP contribution in [0.3, 0.4) is 0 Å². The van der Waals surface area contributed by atoms with Crippen LogP contribution < -0.4 is 10.1 Å². The molecule has 30 heavy (non-hydrogen) atoms. The van der Waals surface area contributed by atoms with Gasteiger partial charge in [-0.25, -0.2) is 0 Å². The van der Waals surface area contributed by atoms with Gasteiger partial charge in [0, 0.05) is 48.1 Å². The van der Waals surface area contributed by atoms with Gasteiger partial charge in [0.2, 0.25) is 0 Å². The van der Waals surface area contributed by atoms with Gasteiger partial charge in [0.15, 0.2) is 0 Å². The molecule has 0 saturated carbocycles. The molecule has 0 unspecified atom stereocenters. The third kappa shape index (κ3) is 3.27. The van der Waals surface area contributed by atoms with Crippen molar-refractivity contribution < 1.29 is 9.53 Å². The molecule has 4 aromatic rings. The van der Waals surface area contributed by atoms with E-state index in [4.69, 9.17) is 4.74 Å². The summed E-state index contributed by atoms with van der Waals surface area (Å²) in [5, 5.41) is 7.25. The Kier molecular flexibility index (Phi) is 5.12. The van der Waals surface area contributed by atoms with E-state index in [1.807, 2.05) is 39.2 Å². The van der Waals surface area contributed by atoms with Crippen LogP contribution in [0.4, 0.5) is 0 Å². The van der Waals surface area contributed by atoms with Gasteiger partial charge in [-0.05, 0) is 63.2 Å². The summed E-state index contributed by atoms with van der Waals surface area (Å²) >= 11 is 0. The minimum Gasteiger partial charge on any atom is -0.497 e. The second-order valence-electron chi connectivity index (χ2n) is 8.23. The summed E-state index contributed by atoms with van der Waals surface area (Å²) in [7, 11) is 7.74. The smallest absolute Gasteiger partial charge is 0.270 e. The summed E-state index contributed by atoms with van der Waals surface area (Å²) in [6, 6.07) is 10.2. The SMILES string of the molecule is COc1ccc2c3cc4c(C(=O)N[C@H](C)CN(C)C)nccc4c(C)c3n(C)c2c1. The first-order valence-electron chi connectivity index (χ1n) is 10.1. The predicted molar refractivity (Wildman–Crippen MR) is 122 cm³/mol. The quantitative estimate of drug-likeness (QED) is 0.548. The van der Waals surface area contributed by atoms with Gasteiger partial charge in [0.05, 0.1) is 18.1 Å². The maximum atomic E-state index is 13.0. The number of hydrogen-bond acceptors (Lipinski definition) is 4. The second kappa shape index (κ2) is 7.61. The van der Waals surface area contributed by atoms with E-state index in [-0.39, 0.29) is 11.9 Å². The van der Waals surface area contributed by atoms with Crippen LogP contribution in [0.1, 0.15) is 23.0 Å². The van der Waals surface area contributed by atoms with E-state index in [1.54, 1.807) is 13.3 Å². The van der Waals surface area contributed by atoms with Crippen molar-refractivity contribution >= 4 is 38.5 Å². The number of fused-ring (bicyclic) bond motifs is 4. The average Bonchev–Trinajstić information content (AvgIpc) is 2.98. The summed E-state index contributed by atoms with van der Waals surface area (Å²) in [6.07, 6.45) is 1.72. The molecule has 4 rings (SSSR count). The van der Waals surface area contributed by atoms with Crippen molar-refractivity contribution in [3.05, 3.63) is 47.8 Å². The normalized spacial score (nSPS) is 12.8. The molecule has 0 fully saturated rings. The highest BCUT2D eigenvalue weighted by atomic mass is 16.5. The van der Waals surface area contributed by atoms with Crippen molar-refractivity contribution in [2.75, 3.05) is 27.7 Å². The lowest BCUT2D eigenvalue weighted by atomic mass is 10.00. The first-order chi connectivity index (χ1) is 14.3. The fraction of sp³-hybridized carbons (Fsp3) is 0.333. The van der Waals surface area contributed by atoms with Crippen LogP contribution in [0.15, 0.2) is 36.5 Å². The van der Waals surface area contributed by atoms with Gasteiger partial charge >= 0.3 is 0 Å². The summed E-state index contributed by atoms with van der Waals surface area (Å²) in [5.74, 6) is 0.683. The first-order valence-corrected chi connectivity index (χ1v) is 10.1. The first kappa shape index (κ1) is 20.2. The third-order valence-corrected chi connectivity index (χ3v) is 5.72. The minimum absolute atomic E-state index is 0.0272. The maximum Gasteiger partial charge on any atom is 0.270 e. The number of aryl methyl sites for hydroxylation is 2. The lowest BCUT2D eigenvalue weighted by Gasteiger charge is -2.18. The molecule has 0 aliphatic carbocycles. The average molecular weight is 405 g/mol. The molecular formula is C24H28N4O2. The van der Waals surface area contributed by atoms with Crippen LogP contribution in [-0.4, -0.2) is 54.1 Å². The van der Waals surface area contributed by atoms with Crippen molar-refractivity contribution in [2.45, 2.75) is 19.9 Å². The van der Waals surface area contributed by atoms with E-state index in [0.717, 1.165) is 50.4 Å². The van der Waals surface area contributed by atoms with Gasteiger partial charge in [-0.3, -0.25) is 9.78 Å². The fourth-order valence-corrected chi connectivity index (χ4v) is 4.46. The van der Waals surface area contributed by atoms with E-state index in [2.05, 4.69) is 45.9 Å². The molecule has 0 aliphatic heterocycles. The molecule has 2 aromatic heterocycles. The van der Waals surface area contributed by atoms with E-state index in [9.17, 15) is 4.79 Å². The van der Waals surface area contributed by atoms with Gasteiger partial charge in [-0.15, -0.1) is 0 Å². The number of carbonyl (C=O) groups is 1. The van der Waals surface area contributed by atoms with Gasteiger partial charge in [-0.2, -0.15) is 0 Å². The monoisotopic (exact) mass is 404 g/mol. The van der Waals surface area contributed by atoms with Crippen LogP contribution in [0.5, 0.6) is 5.75 Å². The van der Waals surface area contributed by atoms with Crippen LogP contribution >= 0.6 is 0 Å². The molecule has 0 aliphatic rings. The molecular weight excluding hydrogens is 376 g/mol. The molecule has 1 amide bonds. The summed E-state index contributed by atoms with van der Waals surface area (Å²) in [4.78, 5) is 19.5. The van der Waals surface area contributed by atoms with Gasteiger partial charge in [0.25, 0.3) is 5.91 Å². The molecule has 2 heterocycles. The number of carbonyl (C=O) groups excluding carboxylic acids is 1. The highest BCUT2D eigenvalue weighted by Gasteiger charge is 2.19. The number of aromatic nitrogens is 2. The Bertz CT molecular complexity index is 1270. The number of amides is 1. The molecule has 156 valence electrons. The Hall–Kier alpha value is -3.12. The molecule has 1 atom stereocenters. The van der Waals surface area contributed by atoms with Crippen molar-refractivity contribution in [1.82, 2.24) is 19.8 Å². The summed E-state index contributed by atoms with van der Waals surface area (Å²) in [5.41, 5.74) is 3.86. The van der Waals surface area contributed by atoms with Gasteiger partial charge < -0.3 is 19.5 Å². The van der Waals surface area contributed by atoms with Gasteiger partial charge in [0.1, 0.15) is 11.4 Å². The zero-order chi connectivity index (χ0) is 21.6. The summed E-state index contributed by atoms with van der Waals surface area (Å²) in [6.45, 7) is 4.88. The number of likely N-dealkylation sites (N-methyl/N-ethyl adjacent to an activating group) is 1. The molecule has 1 N–H and O–H groups in total. The molecule has 0 spiro atoms. The number of pyridine rings is 1. The number of hydrogen-bond donors (Lipinski definition) is 1. The summed E-state index contributed by atoms with van der Waals surface area (Å²) < 4.78 is 7.61. The van der Waals surface area contributed by atoms with Crippen LogP contribution in [0, 0.1) is 6.92 Å². The van der Waals surface area contributed by atoms with E-state index in [0.29, 0.717) is 5.69 Å². The number of methoxy groups -OCH3 is 1. The highest BCUT2D eigenvalue weighted by Crippen LogP contribution is 2.36. The van der Waals surface area contributed by atoms with E-state index < -0.39 is 0 Å². The highest BCUT2D eigenvalue weighted by molar-refractivity contribution is 6.17. The maximum absolute atomic E-state index is 13.0. The Morgan fingerprint density at radius 1 is 1.17 bits per heavy atom. The van der Waals surface area contributed by atoms with Crippen LogP contribution in [0.25, 0.3) is 32.6 Å². The zero-order valence-electron chi connectivity index (χ0n) is 18.4. The molecule has 2 aromatic carbocycles. The number of nitrogens with one attached hydrogen (secondary N) is 1. The van der Waals surface area contributed by atoms with Crippen molar-refractivity contribution in [3.8, 4) is 5.75 Å². The molecule has 0 bridgehead atoms. The van der Waals surface area contributed by atoms with Crippen molar-refractivity contribution in [1.29, 1.82) is 0 Å². The van der Waals surface area contributed by atoms with Gasteiger partial charge in [-0.1, -0.05) is 0 Å². The Morgan fingerprint density at radius 2 is 1.93 bits per heavy atom. The second-order valence-corrected chi connectivity index (χ2v) is 8.23. The number of ether oxygens (including phenoxy) is 1. The number of rotatable bonds is 5. The number of nitrogens with zero attached hydrogens (tertiary/aromatic N) is 3. The van der Waals surface area contributed by atoms with E-state index >= 15 is 0 Å². The van der Waals surface area contributed by atoms with Crippen LogP contribution in [0.2, 0.25) is 0 Å². The lowest BCUT2D eigenvalue weighted by Crippen LogP contribution is -2.39. The largest absolute Gasteiger partial charge is 0.497 e. The van der Waals surface area contributed by atoms with Crippen LogP contribution in [-0.2, 0) is 7.05 Å². The lowest BCUT2D eigenvalue weighted by molar-refractivity contribution is 0.0931. The van der Waals surface area contributed by atoms with E-state index in [1.165, 1.54) is 0 Å². The Morgan fingerprint density at radius 3 is 2.63 bits per heavy atom. The Balaban J connectivity index is 1.93. The molecule has 6 heteroatoms. The molecule has 0 saturated heterocycles. The topological polar surface area (TPSA) is 59.4 Å². The number of benzene rings is 2. The Labute approximate surface area is 176 Å².